The maximum absolute atomic E-state index is 13.4. The normalized spacial score (nSPS) is 22.1. The highest BCUT2D eigenvalue weighted by Crippen LogP contribution is 2.35. The van der Waals surface area contributed by atoms with Crippen molar-refractivity contribution in [2.45, 2.75) is 51.6 Å². The first-order valence-corrected chi connectivity index (χ1v) is 10.9. The molecule has 0 radical (unpaired) electrons. The van der Waals surface area contributed by atoms with Gasteiger partial charge in [0.2, 0.25) is 0 Å². The van der Waals surface area contributed by atoms with E-state index in [4.69, 9.17) is 9.84 Å². The fourth-order valence-corrected chi connectivity index (χ4v) is 4.47. The molecule has 1 saturated heterocycles. The highest BCUT2D eigenvalue weighted by atomic mass is 16.5. The number of methoxy groups -OCH3 is 1. The Bertz CT molecular complexity index is 922. The van der Waals surface area contributed by atoms with Gasteiger partial charge in [-0.2, -0.15) is 5.10 Å². The topological polar surface area (TPSA) is 45.1 Å². The molecule has 2 heterocycles. The quantitative estimate of drug-likeness (QED) is 0.733. The van der Waals surface area contributed by atoms with E-state index in [2.05, 4.69) is 43.0 Å². The number of carbonyl (C=O) groups is 1. The molecule has 1 fully saturated rings. The molecule has 2 atom stereocenters. The molecule has 158 valence electrons. The van der Waals surface area contributed by atoms with Gasteiger partial charge in [-0.15, -0.1) is 0 Å². The maximum Gasteiger partial charge on any atom is 0.257 e. The number of benzene rings is 2. The van der Waals surface area contributed by atoms with Crippen molar-refractivity contribution in [2.24, 2.45) is 5.10 Å². The molecule has 5 heteroatoms. The van der Waals surface area contributed by atoms with Gasteiger partial charge in [-0.1, -0.05) is 48.4 Å². The summed E-state index contributed by atoms with van der Waals surface area (Å²) in [4.78, 5) is 15.7. The number of amides is 1. The summed E-state index contributed by atoms with van der Waals surface area (Å²) >= 11 is 0. The van der Waals surface area contributed by atoms with Crippen LogP contribution in [0.5, 0.6) is 5.75 Å². The van der Waals surface area contributed by atoms with Gasteiger partial charge in [0.05, 0.1) is 25.4 Å². The summed E-state index contributed by atoms with van der Waals surface area (Å²) in [5.74, 6) is 0.858. The van der Waals surface area contributed by atoms with E-state index in [0.29, 0.717) is 19.0 Å². The molecule has 2 aromatic rings. The second-order valence-corrected chi connectivity index (χ2v) is 8.43. The Morgan fingerprint density at radius 3 is 2.63 bits per heavy atom. The number of aryl methyl sites for hydroxylation is 1. The summed E-state index contributed by atoms with van der Waals surface area (Å²) in [6.07, 6.45) is 4.25. The molecule has 2 aliphatic heterocycles. The van der Waals surface area contributed by atoms with Crippen molar-refractivity contribution < 1.29 is 9.53 Å². The molecule has 0 aliphatic carbocycles. The number of rotatable bonds is 5. The van der Waals surface area contributed by atoms with Gasteiger partial charge in [0.1, 0.15) is 5.75 Å². The highest BCUT2D eigenvalue weighted by molar-refractivity contribution is 6.05. The average Bonchev–Trinajstić information content (AvgIpc) is 3.21. The average molecular weight is 406 g/mol. The van der Waals surface area contributed by atoms with Crippen LogP contribution in [0, 0.1) is 6.92 Å². The SMILES string of the molecule is COc1ccccc1C1=NN(C(=O)CN2CCCC[C@H]2C)[C@H](c2ccc(C)cc2)C1. The number of nitrogens with zero attached hydrogens (tertiary/aromatic N) is 3. The van der Waals surface area contributed by atoms with Crippen LogP contribution >= 0.6 is 0 Å². The first-order chi connectivity index (χ1) is 14.6. The molecule has 0 N–H and O–H groups in total. The van der Waals surface area contributed by atoms with Crippen molar-refractivity contribution in [2.75, 3.05) is 20.2 Å². The van der Waals surface area contributed by atoms with Crippen LogP contribution in [-0.2, 0) is 4.79 Å². The number of hydrogen-bond acceptors (Lipinski definition) is 4. The maximum atomic E-state index is 13.4. The number of para-hydroxylation sites is 1. The Kier molecular flexibility index (Phi) is 6.18. The zero-order valence-electron chi connectivity index (χ0n) is 18.2. The van der Waals surface area contributed by atoms with Crippen LogP contribution in [-0.4, -0.2) is 47.8 Å². The van der Waals surface area contributed by atoms with Gasteiger partial charge in [-0.25, -0.2) is 5.01 Å². The number of ether oxygens (including phenoxy) is 1. The smallest absolute Gasteiger partial charge is 0.257 e. The Morgan fingerprint density at radius 1 is 1.13 bits per heavy atom. The first-order valence-electron chi connectivity index (χ1n) is 10.9. The van der Waals surface area contributed by atoms with Gasteiger partial charge < -0.3 is 4.74 Å². The van der Waals surface area contributed by atoms with Gasteiger partial charge in [-0.3, -0.25) is 9.69 Å². The second-order valence-electron chi connectivity index (χ2n) is 8.43. The molecule has 5 nitrogen and oxygen atoms in total. The minimum absolute atomic E-state index is 0.0687. The van der Waals surface area contributed by atoms with Gasteiger partial charge in [0.15, 0.2) is 0 Å². The third-order valence-corrected chi connectivity index (χ3v) is 6.32. The fourth-order valence-electron chi connectivity index (χ4n) is 4.47. The third kappa shape index (κ3) is 4.26. The number of hydrogen-bond donors (Lipinski definition) is 0. The van der Waals surface area contributed by atoms with E-state index in [-0.39, 0.29) is 11.9 Å². The molecule has 1 amide bonds. The summed E-state index contributed by atoms with van der Waals surface area (Å²) in [6, 6.07) is 16.7. The van der Waals surface area contributed by atoms with Crippen molar-refractivity contribution in [1.29, 1.82) is 0 Å². The Morgan fingerprint density at radius 2 is 1.90 bits per heavy atom. The summed E-state index contributed by atoms with van der Waals surface area (Å²) in [5.41, 5.74) is 4.19. The molecule has 0 aromatic heterocycles. The molecule has 0 bridgehead atoms. The van der Waals surface area contributed by atoms with Crippen LogP contribution in [0.15, 0.2) is 53.6 Å². The molecule has 0 unspecified atom stereocenters. The van der Waals surface area contributed by atoms with E-state index in [1.165, 1.54) is 12.0 Å². The predicted molar refractivity (Wildman–Crippen MR) is 120 cm³/mol. The molecule has 2 aliphatic rings. The van der Waals surface area contributed by atoms with Crippen molar-refractivity contribution >= 4 is 11.6 Å². The minimum Gasteiger partial charge on any atom is -0.496 e. The Balaban J connectivity index is 1.64. The van der Waals surface area contributed by atoms with E-state index >= 15 is 0 Å². The van der Waals surface area contributed by atoms with E-state index in [1.54, 1.807) is 12.1 Å². The summed E-state index contributed by atoms with van der Waals surface area (Å²) < 4.78 is 5.55. The zero-order chi connectivity index (χ0) is 21.1. The lowest BCUT2D eigenvalue weighted by molar-refractivity contribution is -0.135. The monoisotopic (exact) mass is 405 g/mol. The predicted octanol–water partition coefficient (Wildman–Crippen LogP) is 4.56. The largest absolute Gasteiger partial charge is 0.496 e. The van der Waals surface area contributed by atoms with Crippen LogP contribution in [0.25, 0.3) is 0 Å². The standard InChI is InChI=1S/C25H31N3O2/c1-18-11-13-20(14-12-18)23-16-22(21-9-4-5-10-24(21)30-3)26-28(23)25(29)17-27-15-7-6-8-19(27)2/h4-5,9-14,19,23H,6-8,15-17H2,1-3H3/t19-,23+/m1/s1. The molecular formula is C25H31N3O2. The number of piperidine rings is 1. The van der Waals surface area contributed by atoms with Crippen molar-refractivity contribution in [3.8, 4) is 5.75 Å². The van der Waals surface area contributed by atoms with E-state index in [0.717, 1.165) is 42.0 Å². The molecule has 0 spiro atoms. The summed E-state index contributed by atoms with van der Waals surface area (Å²) in [6.45, 7) is 5.71. The molecule has 30 heavy (non-hydrogen) atoms. The van der Waals surface area contributed by atoms with E-state index < -0.39 is 0 Å². The molecule has 4 rings (SSSR count). The minimum atomic E-state index is -0.0851. The number of likely N-dealkylation sites (tertiary alicyclic amines) is 1. The summed E-state index contributed by atoms with van der Waals surface area (Å²) in [5, 5.41) is 6.55. The molecule has 2 aromatic carbocycles. The van der Waals surface area contributed by atoms with Crippen LogP contribution in [0.2, 0.25) is 0 Å². The molecular weight excluding hydrogens is 374 g/mol. The van der Waals surface area contributed by atoms with Gasteiger partial charge >= 0.3 is 0 Å². The zero-order valence-corrected chi connectivity index (χ0v) is 18.2. The molecule has 0 saturated carbocycles. The first kappa shape index (κ1) is 20.6. The van der Waals surface area contributed by atoms with Crippen LogP contribution < -0.4 is 4.74 Å². The van der Waals surface area contributed by atoms with Crippen molar-refractivity contribution in [3.05, 3.63) is 65.2 Å². The van der Waals surface area contributed by atoms with E-state index in [1.807, 2.05) is 24.3 Å². The van der Waals surface area contributed by atoms with Crippen LogP contribution in [0.1, 0.15) is 55.3 Å². The highest BCUT2D eigenvalue weighted by Gasteiger charge is 2.35. The third-order valence-electron chi connectivity index (χ3n) is 6.32. The van der Waals surface area contributed by atoms with Crippen LogP contribution in [0.4, 0.5) is 0 Å². The lowest BCUT2D eigenvalue weighted by Crippen LogP contribution is -2.44. The van der Waals surface area contributed by atoms with Gasteiger partial charge in [0.25, 0.3) is 5.91 Å². The fraction of sp³-hybridized carbons (Fsp3) is 0.440. The Labute approximate surface area is 179 Å². The lowest BCUT2D eigenvalue weighted by Gasteiger charge is -2.34. The van der Waals surface area contributed by atoms with E-state index in [9.17, 15) is 4.79 Å². The van der Waals surface area contributed by atoms with Gasteiger partial charge in [0, 0.05) is 18.0 Å². The second kappa shape index (κ2) is 9.00. The van der Waals surface area contributed by atoms with Crippen molar-refractivity contribution in [3.63, 3.8) is 0 Å². The number of hydrazone groups is 1. The summed E-state index contributed by atoms with van der Waals surface area (Å²) in [7, 11) is 1.67. The Hall–Kier alpha value is -2.66. The lowest BCUT2D eigenvalue weighted by atomic mass is 9.97. The van der Waals surface area contributed by atoms with Gasteiger partial charge in [-0.05, 0) is 50.9 Å². The number of carbonyl (C=O) groups excluding carboxylic acids is 1. The van der Waals surface area contributed by atoms with Crippen molar-refractivity contribution in [1.82, 2.24) is 9.91 Å². The van der Waals surface area contributed by atoms with Crippen LogP contribution in [0.3, 0.4) is 0 Å².